The lowest BCUT2D eigenvalue weighted by Gasteiger charge is -2.15. The molecule has 0 saturated carbocycles. The Balaban J connectivity index is 2.46. The zero-order valence-electron chi connectivity index (χ0n) is 15.3. The van der Waals surface area contributed by atoms with Gasteiger partial charge in [0.05, 0.1) is 16.1 Å². The first kappa shape index (κ1) is 22.7. The van der Waals surface area contributed by atoms with Gasteiger partial charge in [-0.25, -0.2) is 4.68 Å². The van der Waals surface area contributed by atoms with Crippen molar-refractivity contribution >= 4 is 11.6 Å². The Bertz CT molecular complexity index is 1220. The average Bonchev–Trinajstić information content (AvgIpc) is 3.14. The van der Waals surface area contributed by atoms with Gasteiger partial charge in [-0.1, -0.05) is 30.3 Å². The molecule has 2 N–H and O–H groups in total. The molecule has 14 heteroatoms. The van der Waals surface area contributed by atoms with Crippen molar-refractivity contribution in [2.75, 3.05) is 0 Å². The fourth-order valence-corrected chi connectivity index (χ4v) is 2.95. The Morgan fingerprint density at radius 3 is 2.09 bits per heavy atom. The normalized spacial score (nSPS) is 12.1. The second kappa shape index (κ2) is 7.62. The summed E-state index contributed by atoms with van der Waals surface area (Å²) in [4.78, 5) is 22.2. The average molecular weight is 462 g/mol. The number of nitro benzene ring substituents is 1. The quantitative estimate of drug-likeness (QED) is 0.344. The summed E-state index contributed by atoms with van der Waals surface area (Å²) in [5.74, 6) is -3.34. The topological polar surface area (TPSA) is 104 Å². The molecule has 0 bridgehead atoms. The number of rotatable bonds is 4. The smallest absolute Gasteiger partial charge is 0.366 e. The largest absolute Gasteiger partial charge is 0.435 e. The molecule has 1 heterocycles. The molecule has 7 nitrogen and oxygen atoms in total. The number of benzene rings is 2. The molecule has 3 rings (SSSR count). The first-order chi connectivity index (χ1) is 14.7. The minimum Gasteiger partial charge on any atom is -0.366 e. The van der Waals surface area contributed by atoms with Gasteiger partial charge in [-0.3, -0.25) is 14.9 Å². The van der Waals surface area contributed by atoms with Gasteiger partial charge in [0, 0.05) is 6.07 Å². The third-order valence-corrected chi connectivity index (χ3v) is 4.25. The zero-order valence-corrected chi connectivity index (χ0v) is 15.3. The molecule has 32 heavy (non-hydrogen) atoms. The molecule has 0 spiro atoms. The van der Waals surface area contributed by atoms with Crippen molar-refractivity contribution in [1.82, 2.24) is 9.78 Å². The summed E-state index contributed by atoms with van der Waals surface area (Å²) in [5.41, 5.74) is -3.29. The van der Waals surface area contributed by atoms with E-state index in [0.717, 1.165) is 0 Å². The van der Waals surface area contributed by atoms with Crippen molar-refractivity contribution in [3.8, 4) is 16.8 Å². The molecule has 168 valence electrons. The summed E-state index contributed by atoms with van der Waals surface area (Å²) >= 11 is 0. The second-order valence-electron chi connectivity index (χ2n) is 6.29. The number of nitro groups is 1. The van der Waals surface area contributed by atoms with E-state index in [-0.39, 0.29) is 11.6 Å². The van der Waals surface area contributed by atoms with Crippen LogP contribution in [0.25, 0.3) is 16.8 Å². The van der Waals surface area contributed by atoms with E-state index < -0.39 is 67.6 Å². The molecule has 0 fully saturated rings. The molecular formula is C18H9F7N4O3. The number of hydrogen-bond donors (Lipinski definition) is 1. The van der Waals surface area contributed by atoms with E-state index in [2.05, 4.69) is 5.10 Å². The van der Waals surface area contributed by atoms with Gasteiger partial charge in [0.25, 0.3) is 0 Å². The van der Waals surface area contributed by atoms with Crippen molar-refractivity contribution in [2.24, 2.45) is 5.73 Å². The number of alkyl halides is 6. The van der Waals surface area contributed by atoms with Crippen LogP contribution in [-0.4, -0.2) is 20.6 Å². The minimum atomic E-state index is -5.46. The molecule has 0 aliphatic rings. The van der Waals surface area contributed by atoms with Crippen LogP contribution >= 0.6 is 0 Å². The van der Waals surface area contributed by atoms with E-state index >= 15 is 4.39 Å². The lowest BCUT2D eigenvalue weighted by molar-refractivity contribution is -0.386. The Kier molecular flexibility index (Phi) is 5.41. The van der Waals surface area contributed by atoms with E-state index in [1.54, 1.807) is 0 Å². The van der Waals surface area contributed by atoms with Crippen molar-refractivity contribution < 1.29 is 40.5 Å². The summed E-state index contributed by atoms with van der Waals surface area (Å²) < 4.78 is 93.6. The molecule has 0 saturated heterocycles. The standard InChI is InChI=1S/C18H9F7N4O3/c19-14-10(28-12(18(23,24)25)7-11(27-28)17(20,21)22)6-9(16(26)30)13(15(14)29(31)32)8-4-2-1-3-5-8/h1-7H,(H2,26,30). The van der Waals surface area contributed by atoms with E-state index in [1.165, 1.54) is 30.3 Å². The van der Waals surface area contributed by atoms with Gasteiger partial charge in [0.2, 0.25) is 11.7 Å². The highest BCUT2D eigenvalue weighted by Crippen LogP contribution is 2.41. The second-order valence-corrected chi connectivity index (χ2v) is 6.29. The summed E-state index contributed by atoms with van der Waals surface area (Å²) in [6.07, 6.45) is -10.8. The van der Waals surface area contributed by atoms with Gasteiger partial charge in [0.15, 0.2) is 5.69 Å². The molecule has 1 amide bonds. The van der Waals surface area contributed by atoms with Gasteiger partial charge in [-0.2, -0.15) is 35.8 Å². The van der Waals surface area contributed by atoms with E-state index in [0.29, 0.717) is 6.07 Å². The number of halogens is 7. The molecule has 0 radical (unpaired) electrons. The van der Waals surface area contributed by atoms with Crippen LogP contribution in [0.1, 0.15) is 21.7 Å². The first-order valence-electron chi connectivity index (χ1n) is 8.34. The maximum Gasteiger partial charge on any atom is 0.435 e. The van der Waals surface area contributed by atoms with Crippen LogP contribution in [0.5, 0.6) is 0 Å². The summed E-state index contributed by atoms with van der Waals surface area (Å²) in [7, 11) is 0. The van der Waals surface area contributed by atoms with Crippen LogP contribution in [-0.2, 0) is 12.4 Å². The Morgan fingerprint density at radius 1 is 1.03 bits per heavy atom. The fraction of sp³-hybridized carbons (Fsp3) is 0.111. The Labute approximate surface area is 173 Å². The minimum absolute atomic E-state index is 0.0778. The number of carbonyl (C=O) groups is 1. The third-order valence-electron chi connectivity index (χ3n) is 4.25. The van der Waals surface area contributed by atoms with Gasteiger partial charge < -0.3 is 5.73 Å². The predicted octanol–water partition coefficient (Wildman–Crippen LogP) is 4.72. The van der Waals surface area contributed by atoms with Crippen LogP contribution in [0.4, 0.5) is 36.4 Å². The van der Waals surface area contributed by atoms with Crippen molar-refractivity contribution in [2.45, 2.75) is 12.4 Å². The van der Waals surface area contributed by atoms with Gasteiger partial charge >= 0.3 is 18.0 Å². The monoisotopic (exact) mass is 462 g/mol. The lowest BCUT2D eigenvalue weighted by atomic mass is 9.96. The molecule has 2 aromatic carbocycles. The molecular weight excluding hydrogens is 453 g/mol. The Hall–Kier alpha value is -3.97. The highest BCUT2D eigenvalue weighted by molar-refractivity contribution is 6.03. The van der Waals surface area contributed by atoms with Crippen LogP contribution in [0, 0.1) is 15.9 Å². The van der Waals surface area contributed by atoms with Crippen LogP contribution in [0.3, 0.4) is 0 Å². The van der Waals surface area contributed by atoms with Crippen molar-refractivity contribution in [1.29, 1.82) is 0 Å². The number of primary amides is 1. The number of carbonyl (C=O) groups excluding carboxylic acids is 1. The molecule has 3 aromatic rings. The molecule has 0 unspecified atom stereocenters. The Morgan fingerprint density at radius 2 is 1.62 bits per heavy atom. The molecule has 0 atom stereocenters. The summed E-state index contributed by atoms with van der Waals surface area (Å²) in [6, 6.07) is 6.72. The SMILES string of the molecule is NC(=O)c1cc(-n2nc(C(F)(F)F)cc2C(F)(F)F)c(F)c([N+](=O)[O-])c1-c1ccccc1. The van der Waals surface area contributed by atoms with Crippen molar-refractivity contribution in [3.63, 3.8) is 0 Å². The number of nitrogens with zero attached hydrogens (tertiary/aromatic N) is 3. The molecule has 1 aromatic heterocycles. The maximum atomic E-state index is 15.2. The lowest BCUT2D eigenvalue weighted by Crippen LogP contribution is -2.19. The number of amides is 1. The zero-order chi connectivity index (χ0) is 24.0. The van der Waals surface area contributed by atoms with Crippen molar-refractivity contribution in [3.05, 3.63) is 75.3 Å². The number of hydrogen-bond acceptors (Lipinski definition) is 4. The van der Waals surface area contributed by atoms with E-state index in [1.807, 2.05) is 0 Å². The van der Waals surface area contributed by atoms with Gasteiger partial charge in [-0.05, 0) is 11.6 Å². The van der Waals surface area contributed by atoms with Crippen LogP contribution in [0.15, 0.2) is 42.5 Å². The first-order valence-corrected chi connectivity index (χ1v) is 8.34. The summed E-state index contributed by atoms with van der Waals surface area (Å²) in [6.45, 7) is 0. The highest BCUT2D eigenvalue weighted by Gasteiger charge is 2.43. The molecule has 0 aliphatic carbocycles. The van der Waals surface area contributed by atoms with Gasteiger partial charge in [0.1, 0.15) is 11.4 Å². The van der Waals surface area contributed by atoms with Crippen LogP contribution in [0.2, 0.25) is 0 Å². The molecule has 0 aliphatic heterocycles. The third kappa shape index (κ3) is 3.98. The number of aromatic nitrogens is 2. The van der Waals surface area contributed by atoms with Crippen LogP contribution < -0.4 is 5.73 Å². The fourth-order valence-electron chi connectivity index (χ4n) is 2.95. The van der Waals surface area contributed by atoms with Gasteiger partial charge in [-0.15, -0.1) is 0 Å². The summed E-state index contributed by atoms with van der Waals surface area (Å²) in [5, 5.41) is 14.3. The number of nitrogens with two attached hydrogens (primary N) is 1. The van der Waals surface area contributed by atoms with E-state index in [4.69, 9.17) is 5.73 Å². The highest BCUT2D eigenvalue weighted by atomic mass is 19.4. The maximum absolute atomic E-state index is 15.2. The predicted molar refractivity (Wildman–Crippen MR) is 94.1 cm³/mol. The van der Waals surface area contributed by atoms with E-state index in [9.17, 15) is 41.3 Å².